The van der Waals surface area contributed by atoms with Gasteiger partial charge < -0.3 is 4.42 Å². The van der Waals surface area contributed by atoms with Gasteiger partial charge in [-0.2, -0.15) is 5.10 Å². The first-order valence-corrected chi connectivity index (χ1v) is 8.17. The Labute approximate surface area is 148 Å². The molecular weight excluding hydrogens is 368 g/mol. The van der Waals surface area contributed by atoms with Crippen molar-refractivity contribution >= 4 is 28.1 Å². The van der Waals surface area contributed by atoms with Crippen LogP contribution in [0.25, 0.3) is 11.3 Å². The lowest BCUT2D eigenvalue weighted by Gasteiger charge is -2.00. The van der Waals surface area contributed by atoms with Crippen molar-refractivity contribution in [3.63, 3.8) is 0 Å². The molecular formula is C19H15BrN2O2. The second-order valence-electron chi connectivity index (χ2n) is 5.25. The molecule has 3 aromatic rings. The standard InChI is InChI=1S/C19H15BrN2O2/c1-13-6-8-14(9-7-13)19(23)22-21-12-15-10-11-18(24-15)16-4-2-3-5-17(16)20/h2-12H,1H3,(H,22,23)/b21-12-. The molecule has 3 rings (SSSR count). The topological polar surface area (TPSA) is 54.6 Å². The zero-order valence-electron chi connectivity index (χ0n) is 13.0. The third-order valence-electron chi connectivity index (χ3n) is 3.44. The van der Waals surface area contributed by atoms with E-state index < -0.39 is 0 Å². The molecule has 0 unspecified atom stereocenters. The molecule has 24 heavy (non-hydrogen) atoms. The van der Waals surface area contributed by atoms with E-state index >= 15 is 0 Å². The quantitative estimate of drug-likeness (QED) is 0.521. The number of hydrogen-bond donors (Lipinski definition) is 1. The van der Waals surface area contributed by atoms with E-state index in [4.69, 9.17) is 4.42 Å². The molecule has 2 aromatic carbocycles. The van der Waals surface area contributed by atoms with Crippen LogP contribution < -0.4 is 5.43 Å². The first kappa shape index (κ1) is 16.2. The molecule has 0 saturated carbocycles. The van der Waals surface area contributed by atoms with E-state index in [1.54, 1.807) is 18.2 Å². The normalized spacial score (nSPS) is 10.9. The summed E-state index contributed by atoms with van der Waals surface area (Å²) in [7, 11) is 0. The lowest BCUT2D eigenvalue weighted by molar-refractivity contribution is 0.0955. The van der Waals surface area contributed by atoms with E-state index in [2.05, 4.69) is 26.5 Å². The van der Waals surface area contributed by atoms with E-state index in [0.717, 1.165) is 21.4 Å². The van der Waals surface area contributed by atoms with Crippen molar-refractivity contribution in [2.24, 2.45) is 5.10 Å². The lowest BCUT2D eigenvalue weighted by atomic mass is 10.1. The van der Waals surface area contributed by atoms with E-state index in [-0.39, 0.29) is 5.91 Å². The summed E-state index contributed by atoms with van der Waals surface area (Å²) in [5, 5.41) is 3.94. The number of benzene rings is 2. The van der Waals surface area contributed by atoms with Crippen LogP contribution in [0, 0.1) is 6.92 Å². The fourth-order valence-electron chi connectivity index (χ4n) is 2.15. The van der Waals surface area contributed by atoms with Gasteiger partial charge in [-0.1, -0.05) is 51.8 Å². The van der Waals surface area contributed by atoms with Crippen molar-refractivity contribution in [2.45, 2.75) is 6.92 Å². The number of nitrogens with one attached hydrogen (secondary N) is 1. The van der Waals surface area contributed by atoms with Gasteiger partial charge in [-0.05, 0) is 37.3 Å². The predicted molar refractivity (Wildman–Crippen MR) is 98.1 cm³/mol. The molecule has 0 bridgehead atoms. The molecule has 0 spiro atoms. The van der Waals surface area contributed by atoms with E-state index in [1.165, 1.54) is 6.21 Å². The van der Waals surface area contributed by atoms with Gasteiger partial charge in [-0.15, -0.1) is 0 Å². The molecule has 120 valence electrons. The van der Waals surface area contributed by atoms with Crippen LogP contribution in [0.2, 0.25) is 0 Å². The maximum Gasteiger partial charge on any atom is 0.271 e. The Morgan fingerprint density at radius 3 is 2.58 bits per heavy atom. The predicted octanol–water partition coefficient (Wildman–Crippen LogP) is 4.78. The highest BCUT2D eigenvalue weighted by molar-refractivity contribution is 9.10. The number of hydrazone groups is 1. The summed E-state index contributed by atoms with van der Waals surface area (Å²) >= 11 is 3.49. The van der Waals surface area contributed by atoms with Crippen LogP contribution >= 0.6 is 15.9 Å². The smallest absolute Gasteiger partial charge is 0.271 e. The Balaban J connectivity index is 1.66. The van der Waals surface area contributed by atoms with E-state index in [0.29, 0.717) is 11.3 Å². The van der Waals surface area contributed by atoms with Crippen LogP contribution in [0.5, 0.6) is 0 Å². The highest BCUT2D eigenvalue weighted by atomic mass is 79.9. The Bertz CT molecular complexity index is 882. The molecule has 0 aliphatic heterocycles. The summed E-state index contributed by atoms with van der Waals surface area (Å²) in [6, 6.07) is 18.8. The van der Waals surface area contributed by atoms with Crippen LogP contribution in [-0.4, -0.2) is 12.1 Å². The maximum atomic E-state index is 12.0. The number of furan rings is 1. The van der Waals surface area contributed by atoms with Crippen LogP contribution in [0.1, 0.15) is 21.7 Å². The van der Waals surface area contributed by atoms with Crippen molar-refractivity contribution in [1.29, 1.82) is 0 Å². The summed E-state index contributed by atoms with van der Waals surface area (Å²) in [4.78, 5) is 12.0. The molecule has 0 aliphatic rings. The van der Waals surface area contributed by atoms with Gasteiger partial charge in [-0.3, -0.25) is 4.79 Å². The zero-order valence-corrected chi connectivity index (χ0v) is 14.6. The molecule has 1 heterocycles. The molecule has 0 fully saturated rings. The lowest BCUT2D eigenvalue weighted by Crippen LogP contribution is -2.17. The van der Waals surface area contributed by atoms with Gasteiger partial charge in [0.25, 0.3) is 5.91 Å². The van der Waals surface area contributed by atoms with Crippen molar-refractivity contribution < 1.29 is 9.21 Å². The Kier molecular flexibility index (Phi) is 4.91. The minimum Gasteiger partial charge on any atom is -0.455 e. The van der Waals surface area contributed by atoms with Crippen molar-refractivity contribution in [1.82, 2.24) is 5.43 Å². The van der Waals surface area contributed by atoms with Crippen LogP contribution in [-0.2, 0) is 0 Å². The average Bonchev–Trinajstić information content (AvgIpc) is 3.04. The van der Waals surface area contributed by atoms with E-state index in [9.17, 15) is 4.79 Å². The summed E-state index contributed by atoms with van der Waals surface area (Å²) < 4.78 is 6.68. The molecule has 4 nitrogen and oxygen atoms in total. The molecule has 1 N–H and O–H groups in total. The minimum atomic E-state index is -0.260. The molecule has 1 amide bonds. The van der Waals surface area contributed by atoms with Crippen LogP contribution in [0.4, 0.5) is 0 Å². The van der Waals surface area contributed by atoms with Gasteiger partial charge in [-0.25, -0.2) is 5.43 Å². The summed E-state index contributed by atoms with van der Waals surface area (Å²) in [5.41, 5.74) is 5.11. The second kappa shape index (κ2) is 7.27. The third kappa shape index (κ3) is 3.81. The van der Waals surface area contributed by atoms with Gasteiger partial charge in [0.05, 0.1) is 6.21 Å². The van der Waals surface area contributed by atoms with Crippen LogP contribution in [0.15, 0.2) is 74.7 Å². The summed E-state index contributed by atoms with van der Waals surface area (Å²) in [6.07, 6.45) is 1.48. The van der Waals surface area contributed by atoms with Gasteiger partial charge in [0.15, 0.2) is 0 Å². The number of rotatable bonds is 4. The number of carbonyl (C=O) groups is 1. The Morgan fingerprint density at radius 1 is 1.08 bits per heavy atom. The summed E-state index contributed by atoms with van der Waals surface area (Å²) in [6.45, 7) is 1.97. The van der Waals surface area contributed by atoms with Crippen molar-refractivity contribution in [3.8, 4) is 11.3 Å². The number of amides is 1. The van der Waals surface area contributed by atoms with Gasteiger partial charge in [0.1, 0.15) is 11.5 Å². The number of nitrogens with zero attached hydrogens (tertiary/aromatic N) is 1. The van der Waals surface area contributed by atoms with Crippen LogP contribution in [0.3, 0.4) is 0 Å². The van der Waals surface area contributed by atoms with E-state index in [1.807, 2.05) is 49.4 Å². The Morgan fingerprint density at radius 2 is 1.83 bits per heavy atom. The fraction of sp³-hybridized carbons (Fsp3) is 0.0526. The third-order valence-corrected chi connectivity index (χ3v) is 4.13. The first-order valence-electron chi connectivity index (χ1n) is 7.38. The Hall–Kier alpha value is -2.66. The average molecular weight is 383 g/mol. The highest BCUT2D eigenvalue weighted by Crippen LogP contribution is 2.28. The SMILES string of the molecule is Cc1ccc(C(=O)N/N=C\c2ccc(-c3ccccc3Br)o2)cc1. The molecule has 0 atom stereocenters. The minimum absolute atomic E-state index is 0.260. The highest BCUT2D eigenvalue weighted by Gasteiger charge is 2.07. The molecule has 0 aliphatic carbocycles. The number of carbonyl (C=O) groups excluding carboxylic acids is 1. The first-order chi connectivity index (χ1) is 11.6. The number of halogens is 1. The fourth-order valence-corrected chi connectivity index (χ4v) is 2.63. The molecule has 1 aromatic heterocycles. The van der Waals surface area contributed by atoms with Gasteiger partial charge in [0, 0.05) is 15.6 Å². The molecule has 0 saturated heterocycles. The second-order valence-corrected chi connectivity index (χ2v) is 6.10. The number of hydrogen-bond acceptors (Lipinski definition) is 3. The van der Waals surface area contributed by atoms with Gasteiger partial charge >= 0.3 is 0 Å². The number of aryl methyl sites for hydroxylation is 1. The zero-order chi connectivity index (χ0) is 16.9. The van der Waals surface area contributed by atoms with Crippen molar-refractivity contribution in [3.05, 3.63) is 82.0 Å². The largest absolute Gasteiger partial charge is 0.455 e. The monoisotopic (exact) mass is 382 g/mol. The maximum absolute atomic E-state index is 12.0. The van der Waals surface area contributed by atoms with Crippen molar-refractivity contribution in [2.75, 3.05) is 0 Å². The van der Waals surface area contributed by atoms with Gasteiger partial charge in [0.2, 0.25) is 0 Å². The molecule has 5 heteroatoms. The molecule has 0 radical (unpaired) electrons. The summed E-state index contributed by atoms with van der Waals surface area (Å²) in [5.74, 6) is 1.03.